The van der Waals surface area contributed by atoms with Crippen molar-refractivity contribution < 1.29 is 13.2 Å². The van der Waals surface area contributed by atoms with Crippen molar-refractivity contribution in [3.8, 4) is 11.3 Å². The van der Waals surface area contributed by atoms with E-state index in [2.05, 4.69) is 25.4 Å². The Hall–Kier alpha value is -3.17. The molecule has 0 fully saturated rings. The predicted octanol–water partition coefficient (Wildman–Crippen LogP) is 2.96. The lowest BCUT2D eigenvalue weighted by Gasteiger charge is -2.08. The normalized spacial score (nSPS) is 12.2. The third-order valence-electron chi connectivity index (χ3n) is 4.08. The zero-order valence-electron chi connectivity index (χ0n) is 13.9. The van der Waals surface area contributed by atoms with Crippen molar-refractivity contribution in [1.82, 2.24) is 29.1 Å². The molecular weight excluding hydrogens is 347 g/mol. The van der Waals surface area contributed by atoms with Gasteiger partial charge in [0.1, 0.15) is 17.9 Å². The summed E-state index contributed by atoms with van der Waals surface area (Å²) >= 11 is 0. The molecule has 4 aromatic rings. The van der Waals surface area contributed by atoms with Gasteiger partial charge in [0.2, 0.25) is 5.95 Å². The fraction of sp³-hybridized carbons (Fsp3) is 0.250. The number of hydrogen-bond acceptors (Lipinski definition) is 5. The second kappa shape index (κ2) is 5.68. The van der Waals surface area contributed by atoms with Gasteiger partial charge in [-0.25, -0.2) is 19.5 Å². The van der Waals surface area contributed by atoms with E-state index in [4.69, 9.17) is 0 Å². The highest BCUT2D eigenvalue weighted by molar-refractivity contribution is 5.82. The molecule has 1 N–H and O–H groups in total. The molecule has 0 atom stereocenters. The number of rotatable bonds is 3. The zero-order valence-corrected chi connectivity index (χ0v) is 13.9. The van der Waals surface area contributed by atoms with E-state index in [1.807, 2.05) is 30.7 Å². The quantitative estimate of drug-likeness (QED) is 0.607. The Morgan fingerprint density at radius 2 is 1.96 bits per heavy atom. The van der Waals surface area contributed by atoms with E-state index < -0.39 is 12.7 Å². The zero-order chi connectivity index (χ0) is 18.5. The minimum atomic E-state index is -4.33. The third-order valence-corrected chi connectivity index (χ3v) is 4.08. The first kappa shape index (κ1) is 16.3. The summed E-state index contributed by atoms with van der Waals surface area (Å²) in [6, 6.07) is 5.53. The van der Waals surface area contributed by atoms with Gasteiger partial charge in [0, 0.05) is 18.8 Å². The Bertz CT molecular complexity index is 1110. The van der Waals surface area contributed by atoms with E-state index in [1.165, 1.54) is 10.7 Å². The number of anilines is 1. The Balaban J connectivity index is 1.72. The second-order valence-electron chi connectivity index (χ2n) is 5.87. The number of hydrogen-bond donors (Lipinski definition) is 1. The third kappa shape index (κ3) is 2.83. The average Bonchev–Trinajstić information content (AvgIpc) is 3.13. The van der Waals surface area contributed by atoms with Crippen molar-refractivity contribution in [2.45, 2.75) is 13.1 Å². The lowest BCUT2D eigenvalue weighted by Crippen LogP contribution is -2.22. The topological polar surface area (TPSA) is 72.9 Å². The summed E-state index contributed by atoms with van der Waals surface area (Å²) in [6.07, 6.45) is -1.20. The molecule has 26 heavy (non-hydrogen) atoms. The van der Waals surface area contributed by atoms with E-state index in [0.29, 0.717) is 11.2 Å². The molecule has 10 heteroatoms. The monoisotopic (exact) mass is 361 g/mol. The molecule has 4 heterocycles. The van der Waals surface area contributed by atoms with Crippen LogP contribution in [0.1, 0.15) is 5.82 Å². The van der Waals surface area contributed by atoms with Gasteiger partial charge in [-0.3, -0.25) is 0 Å². The first-order valence-corrected chi connectivity index (χ1v) is 7.77. The van der Waals surface area contributed by atoms with Gasteiger partial charge in [0.15, 0.2) is 5.65 Å². The molecule has 0 aliphatic carbocycles. The molecule has 134 valence electrons. The molecule has 0 saturated carbocycles. The van der Waals surface area contributed by atoms with E-state index in [0.717, 1.165) is 22.6 Å². The van der Waals surface area contributed by atoms with Crippen LogP contribution in [0.4, 0.5) is 19.1 Å². The number of halogens is 3. The maximum Gasteiger partial charge on any atom is 0.405 e. The highest BCUT2D eigenvalue weighted by Gasteiger charge is 2.27. The van der Waals surface area contributed by atoms with Gasteiger partial charge in [-0.15, -0.1) is 5.10 Å². The Labute approximate surface area is 145 Å². The number of nitrogens with one attached hydrogen (secondary N) is 1. The Morgan fingerprint density at radius 1 is 1.15 bits per heavy atom. The van der Waals surface area contributed by atoms with Crippen LogP contribution < -0.4 is 5.32 Å². The van der Waals surface area contributed by atoms with Gasteiger partial charge < -0.3 is 9.88 Å². The minimum absolute atomic E-state index is 0.0948. The molecule has 0 unspecified atom stereocenters. The first-order chi connectivity index (χ1) is 12.3. The van der Waals surface area contributed by atoms with Crippen molar-refractivity contribution in [2.24, 2.45) is 7.05 Å². The molecule has 0 amide bonds. The molecular formula is C16H14F3N7. The van der Waals surface area contributed by atoms with Crippen molar-refractivity contribution in [3.63, 3.8) is 0 Å². The van der Waals surface area contributed by atoms with Gasteiger partial charge in [-0.05, 0) is 25.1 Å². The highest BCUT2D eigenvalue weighted by Crippen LogP contribution is 2.26. The molecule has 0 aromatic carbocycles. The lowest BCUT2D eigenvalue weighted by molar-refractivity contribution is -0.115. The fourth-order valence-corrected chi connectivity index (χ4v) is 2.70. The maximum atomic E-state index is 12.3. The van der Waals surface area contributed by atoms with Gasteiger partial charge in [0.05, 0.1) is 17.4 Å². The molecule has 0 spiro atoms. The Morgan fingerprint density at radius 3 is 2.73 bits per heavy atom. The average molecular weight is 361 g/mol. The summed E-state index contributed by atoms with van der Waals surface area (Å²) in [4.78, 5) is 13.0. The number of pyridine rings is 1. The lowest BCUT2D eigenvalue weighted by atomic mass is 10.2. The first-order valence-electron chi connectivity index (χ1n) is 7.77. The van der Waals surface area contributed by atoms with Crippen molar-refractivity contribution in [2.75, 3.05) is 11.9 Å². The Kier molecular flexibility index (Phi) is 3.56. The van der Waals surface area contributed by atoms with Crippen LogP contribution in [0.2, 0.25) is 0 Å². The number of imidazole rings is 1. The highest BCUT2D eigenvalue weighted by atomic mass is 19.4. The second-order valence-corrected chi connectivity index (χ2v) is 5.87. The van der Waals surface area contributed by atoms with Crippen LogP contribution in [0.25, 0.3) is 27.9 Å². The molecule has 0 aliphatic heterocycles. The molecule has 0 aliphatic rings. The molecule has 7 nitrogen and oxygen atoms in total. The van der Waals surface area contributed by atoms with Gasteiger partial charge in [0.25, 0.3) is 0 Å². The summed E-state index contributed by atoms with van der Waals surface area (Å²) < 4.78 is 40.3. The largest absolute Gasteiger partial charge is 0.405 e. The standard InChI is InChI=1S/C16H14F3N7/c1-9-22-12-4-3-11(23-14(12)25(9)2)10-5-6-26-13(10)7-20-15(24-26)21-8-16(17,18)19/h3-7H,8H2,1-2H3,(H,21,24). The minimum Gasteiger partial charge on any atom is -0.344 e. The van der Waals surface area contributed by atoms with Gasteiger partial charge >= 0.3 is 6.18 Å². The summed E-state index contributed by atoms with van der Waals surface area (Å²) in [6.45, 7) is 0.711. The van der Waals surface area contributed by atoms with Gasteiger partial charge in [-0.2, -0.15) is 13.2 Å². The predicted molar refractivity (Wildman–Crippen MR) is 89.8 cm³/mol. The van der Waals surface area contributed by atoms with Crippen LogP contribution in [0.5, 0.6) is 0 Å². The fourth-order valence-electron chi connectivity index (χ4n) is 2.70. The van der Waals surface area contributed by atoms with Crippen LogP contribution >= 0.6 is 0 Å². The number of aromatic nitrogens is 6. The maximum absolute atomic E-state index is 12.3. The SMILES string of the molecule is Cc1nc2ccc(-c3ccn4nc(NCC(F)(F)F)ncc34)nc2n1C. The van der Waals surface area contributed by atoms with Gasteiger partial charge in [-0.1, -0.05) is 0 Å². The summed E-state index contributed by atoms with van der Waals surface area (Å²) in [5.41, 5.74) is 3.69. The summed E-state index contributed by atoms with van der Waals surface area (Å²) in [7, 11) is 1.89. The number of fused-ring (bicyclic) bond motifs is 2. The van der Waals surface area contributed by atoms with Crippen LogP contribution in [-0.4, -0.2) is 41.9 Å². The summed E-state index contributed by atoms with van der Waals surface area (Å²) in [5, 5.41) is 6.22. The molecule has 4 rings (SSSR count). The van der Waals surface area contributed by atoms with E-state index >= 15 is 0 Å². The van der Waals surface area contributed by atoms with Crippen LogP contribution in [0.3, 0.4) is 0 Å². The van der Waals surface area contributed by atoms with Crippen molar-refractivity contribution in [3.05, 3.63) is 36.4 Å². The smallest absolute Gasteiger partial charge is 0.344 e. The van der Waals surface area contributed by atoms with E-state index in [-0.39, 0.29) is 5.95 Å². The molecule has 4 aromatic heterocycles. The van der Waals surface area contributed by atoms with Crippen LogP contribution in [0, 0.1) is 6.92 Å². The van der Waals surface area contributed by atoms with Crippen LogP contribution in [0.15, 0.2) is 30.6 Å². The number of nitrogens with zero attached hydrogens (tertiary/aromatic N) is 6. The van der Waals surface area contributed by atoms with E-state index in [9.17, 15) is 13.2 Å². The van der Waals surface area contributed by atoms with Crippen molar-refractivity contribution >= 4 is 22.6 Å². The molecule has 0 saturated heterocycles. The number of alkyl halides is 3. The van der Waals surface area contributed by atoms with Crippen molar-refractivity contribution in [1.29, 1.82) is 0 Å². The molecule has 0 bridgehead atoms. The summed E-state index contributed by atoms with van der Waals surface area (Å²) in [5.74, 6) is 0.762. The van der Waals surface area contributed by atoms with E-state index in [1.54, 1.807) is 12.3 Å². The number of aryl methyl sites for hydroxylation is 2. The molecule has 0 radical (unpaired) electrons. The van der Waals surface area contributed by atoms with Crippen LogP contribution in [-0.2, 0) is 7.05 Å².